The highest BCUT2D eigenvalue weighted by atomic mass is 35.5. The van der Waals surface area contributed by atoms with Gasteiger partial charge in [0.25, 0.3) is 5.91 Å². The third-order valence-electron chi connectivity index (χ3n) is 4.09. The van der Waals surface area contributed by atoms with Crippen molar-refractivity contribution in [3.63, 3.8) is 0 Å². The molecule has 3 aromatic rings. The zero-order chi connectivity index (χ0) is 19.2. The van der Waals surface area contributed by atoms with Crippen LogP contribution in [0.2, 0.25) is 5.02 Å². The number of fused-ring (bicyclic) bond motifs is 1. The first-order chi connectivity index (χ1) is 13.0. The second kappa shape index (κ2) is 8.73. The fourth-order valence-corrected chi connectivity index (χ4v) is 2.90. The Labute approximate surface area is 161 Å². The van der Waals surface area contributed by atoms with Crippen molar-refractivity contribution in [3.05, 3.63) is 75.1 Å². The molecule has 140 valence electrons. The molecule has 2 aromatic carbocycles. The van der Waals surface area contributed by atoms with Gasteiger partial charge in [-0.2, -0.15) is 0 Å². The fourth-order valence-electron chi connectivity index (χ4n) is 2.78. The van der Waals surface area contributed by atoms with E-state index in [1.54, 1.807) is 24.3 Å². The molecule has 0 aliphatic rings. The van der Waals surface area contributed by atoms with Gasteiger partial charge in [0.05, 0.1) is 0 Å². The van der Waals surface area contributed by atoms with Gasteiger partial charge in [-0.05, 0) is 41.8 Å². The molecule has 1 N–H and O–H groups in total. The molecule has 0 fully saturated rings. The molecular formula is C21H20ClNO4. The molecule has 0 aliphatic carbocycles. The number of carbonyl (C=O) groups excluding carboxylic acids is 1. The van der Waals surface area contributed by atoms with E-state index >= 15 is 0 Å². The summed E-state index contributed by atoms with van der Waals surface area (Å²) in [6.45, 7) is 2.32. The standard InChI is InChI=1S/C21H20ClNO4/c1-2-3-15-10-21(25)27-19-11-17(8-9-18(15)19)26-13-20(24)23-12-14-4-6-16(22)7-5-14/h4-11H,2-3,12-13H2,1H3,(H,23,24). The quantitative estimate of drug-likeness (QED) is 0.622. The summed E-state index contributed by atoms with van der Waals surface area (Å²) in [5.74, 6) is 0.229. The lowest BCUT2D eigenvalue weighted by atomic mass is 10.1. The first kappa shape index (κ1) is 19.0. The molecule has 0 spiro atoms. The summed E-state index contributed by atoms with van der Waals surface area (Å²) in [4.78, 5) is 23.7. The van der Waals surface area contributed by atoms with Crippen LogP contribution in [0.25, 0.3) is 11.0 Å². The van der Waals surface area contributed by atoms with Gasteiger partial charge in [-0.25, -0.2) is 4.79 Å². The van der Waals surface area contributed by atoms with E-state index in [-0.39, 0.29) is 18.1 Å². The first-order valence-corrected chi connectivity index (χ1v) is 9.13. The summed E-state index contributed by atoms with van der Waals surface area (Å²) in [5.41, 5.74) is 1.98. The van der Waals surface area contributed by atoms with E-state index in [1.807, 2.05) is 18.2 Å². The van der Waals surface area contributed by atoms with Crippen molar-refractivity contribution in [3.8, 4) is 5.75 Å². The highest BCUT2D eigenvalue weighted by Crippen LogP contribution is 2.23. The molecule has 0 aliphatic heterocycles. The van der Waals surface area contributed by atoms with Crippen LogP contribution in [0.4, 0.5) is 0 Å². The predicted molar refractivity (Wildman–Crippen MR) is 105 cm³/mol. The summed E-state index contributed by atoms with van der Waals surface area (Å²) >= 11 is 5.84. The lowest BCUT2D eigenvalue weighted by Crippen LogP contribution is -2.28. The van der Waals surface area contributed by atoms with Gasteiger partial charge < -0.3 is 14.5 Å². The van der Waals surface area contributed by atoms with E-state index in [9.17, 15) is 9.59 Å². The maximum atomic E-state index is 12.0. The molecule has 6 heteroatoms. The van der Waals surface area contributed by atoms with Crippen LogP contribution in [0.15, 0.2) is 57.7 Å². The maximum Gasteiger partial charge on any atom is 0.336 e. The van der Waals surface area contributed by atoms with Crippen LogP contribution in [-0.4, -0.2) is 12.5 Å². The maximum absolute atomic E-state index is 12.0. The largest absolute Gasteiger partial charge is 0.484 e. The van der Waals surface area contributed by atoms with Crippen LogP contribution in [0.5, 0.6) is 5.75 Å². The van der Waals surface area contributed by atoms with E-state index in [0.29, 0.717) is 22.9 Å². The number of benzene rings is 2. The van der Waals surface area contributed by atoms with Gasteiger partial charge in [-0.3, -0.25) is 4.79 Å². The summed E-state index contributed by atoms with van der Waals surface area (Å²) < 4.78 is 10.8. The number of hydrogen-bond donors (Lipinski definition) is 1. The molecule has 1 heterocycles. The molecule has 3 rings (SSSR count). The second-order valence-electron chi connectivity index (χ2n) is 6.19. The Morgan fingerprint density at radius 2 is 1.93 bits per heavy atom. The fraction of sp³-hybridized carbons (Fsp3) is 0.238. The summed E-state index contributed by atoms with van der Waals surface area (Å²) in [6, 6.07) is 14.0. The molecule has 27 heavy (non-hydrogen) atoms. The van der Waals surface area contributed by atoms with E-state index in [1.165, 1.54) is 6.07 Å². The molecule has 0 unspecified atom stereocenters. The normalized spacial score (nSPS) is 10.7. The average molecular weight is 386 g/mol. The van der Waals surface area contributed by atoms with Crippen LogP contribution >= 0.6 is 11.6 Å². The molecule has 0 atom stereocenters. The van der Waals surface area contributed by atoms with Crippen molar-refractivity contribution < 1.29 is 13.9 Å². The number of halogens is 1. The van der Waals surface area contributed by atoms with Crippen LogP contribution in [0.1, 0.15) is 24.5 Å². The van der Waals surface area contributed by atoms with Crippen LogP contribution < -0.4 is 15.7 Å². The Bertz CT molecular complexity index is 995. The summed E-state index contributed by atoms with van der Waals surface area (Å²) in [6.07, 6.45) is 1.74. The minimum atomic E-state index is -0.385. The third kappa shape index (κ3) is 5.11. The highest BCUT2D eigenvalue weighted by Gasteiger charge is 2.08. The molecular weight excluding hydrogens is 366 g/mol. The van der Waals surface area contributed by atoms with Crippen LogP contribution in [0.3, 0.4) is 0 Å². The monoisotopic (exact) mass is 385 g/mol. The minimum absolute atomic E-state index is 0.127. The molecule has 0 bridgehead atoms. The lowest BCUT2D eigenvalue weighted by molar-refractivity contribution is -0.123. The predicted octanol–water partition coefficient (Wildman–Crippen LogP) is 4.09. The molecule has 0 radical (unpaired) electrons. The molecule has 1 aromatic heterocycles. The van der Waals surface area contributed by atoms with Gasteiger partial charge >= 0.3 is 5.63 Å². The van der Waals surface area contributed by atoms with E-state index in [2.05, 4.69) is 12.2 Å². The number of nitrogens with one attached hydrogen (secondary N) is 1. The zero-order valence-corrected chi connectivity index (χ0v) is 15.7. The Morgan fingerprint density at radius 1 is 1.15 bits per heavy atom. The molecule has 0 saturated carbocycles. The lowest BCUT2D eigenvalue weighted by Gasteiger charge is -2.09. The van der Waals surface area contributed by atoms with Crippen molar-refractivity contribution in [2.45, 2.75) is 26.3 Å². The van der Waals surface area contributed by atoms with Crippen molar-refractivity contribution in [2.75, 3.05) is 6.61 Å². The van der Waals surface area contributed by atoms with Crippen LogP contribution in [0, 0.1) is 0 Å². The van der Waals surface area contributed by atoms with Crippen molar-refractivity contribution >= 4 is 28.5 Å². The second-order valence-corrected chi connectivity index (χ2v) is 6.63. The summed E-state index contributed by atoms with van der Waals surface area (Å²) in [7, 11) is 0. The van der Waals surface area contributed by atoms with Gasteiger partial charge in [0, 0.05) is 29.1 Å². The van der Waals surface area contributed by atoms with E-state index in [4.69, 9.17) is 20.8 Å². The number of rotatable bonds is 7. The number of ether oxygens (including phenoxy) is 1. The number of aryl methyl sites for hydroxylation is 1. The van der Waals surface area contributed by atoms with Gasteiger partial charge in [-0.1, -0.05) is 37.1 Å². The smallest absolute Gasteiger partial charge is 0.336 e. The Hall–Kier alpha value is -2.79. The highest BCUT2D eigenvalue weighted by molar-refractivity contribution is 6.30. The average Bonchev–Trinajstić information content (AvgIpc) is 2.65. The summed E-state index contributed by atoms with van der Waals surface area (Å²) in [5, 5.41) is 4.32. The van der Waals surface area contributed by atoms with Gasteiger partial charge in [-0.15, -0.1) is 0 Å². The molecule has 5 nitrogen and oxygen atoms in total. The van der Waals surface area contributed by atoms with Gasteiger partial charge in [0.15, 0.2) is 6.61 Å². The Kier molecular flexibility index (Phi) is 6.14. The van der Waals surface area contributed by atoms with Crippen LogP contribution in [-0.2, 0) is 17.8 Å². The SMILES string of the molecule is CCCc1cc(=O)oc2cc(OCC(=O)NCc3ccc(Cl)cc3)ccc12. The third-order valence-corrected chi connectivity index (χ3v) is 4.35. The van der Waals surface area contributed by atoms with Crippen molar-refractivity contribution in [1.82, 2.24) is 5.32 Å². The zero-order valence-electron chi connectivity index (χ0n) is 15.0. The van der Waals surface area contributed by atoms with Gasteiger partial charge in [0.1, 0.15) is 11.3 Å². The first-order valence-electron chi connectivity index (χ1n) is 8.76. The minimum Gasteiger partial charge on any atom is -0.484 e. The molecule has 0 saturated heterocycles. The van der Waals surface area contributed by atoms with Crippen molar-refractivity contribution in [1.29, 1.82) is 0 Å². The van der Waals surface area contributed by atoms with E-state index in [0.717, 1.165) is 29.4 Å². The Morgan fingerprint density at radius 3 is 2.67 bits per heavy atom. The van der Waals surface area contributed by atoms with E-state index < -0.39 is 0 Å². The molecule has 1 amide bonds. The Balaban J connectivity index is 1.61. The van der Waals surface area contributed by atoms with Gasteiger partial charge in [0.2, 0.25) is 0 Å². The topological polar surface area (TPSA) is 68.5 Å². The number of hydrogen-bond acceptors (Lipinski definition) is 4. The number of amides is 1. The van der Waals surface area contributed by atoms with Crippen molar-refractivity contribution in [2.24, 2.45) is 0 Å². The number of carbonyl (C=O) groups is 1.